The summed E-state index contributed by atoms with van der Waals surface area (Å²) in [7, 11) is 0. The molecule has 2 aromatic carbocycles. The fourth-order valence-corrected chi connectivity index (χ4v) is 5.19. The van der Waals surface area contributed by atoms with Crippen LogP contribution in [0.3, 0.4) is 0 Å². The highest BCUT2D eigenvalue weighted by molar-refractivity contribution is 8.26. The Bertz CT molecular complexity index is 1270. The average Bonchev–Trinajstić information content (AvgIpc) is 3.20. The second-order valence-electron chi connectivity index (χ2n) is 8.42. The summed E-state index contributed by atoms with van der Waals surface area (Å²) < 4.78 is 39.3. The third-order valence-corrected chi connectivity index (χ3v) is 6.77. The Morgan fingerprint density at radius 2 is 1.77 bits per heavy atom. The molecule has 1 saturated heterocycles. The van der Waals surface area contributed by atoms with E-state index in [1.165, 1.54) is 21.9 Å². The summed E-state index contributed by atoms with van der Waals surface area (Å²) in [5, 5.41) is 2.41. The molecule has 0 radical (unpaired) electrons. The molecule has 2 aromatic rings. The van der Waals surface area contributed by atoms with Gasteiger partial charge in [0.05, 0.1) is 21.7 Å². The van der Waals surface area contributed by atoms with Gasteiger partial charge in [-0.3, -0.25) is 24.2 Å². The van der Waals surface area contributed by atoms with Crippen LogP contribution in [0.5, 0.6) is 0 Å². The van der Waals surface area contributed by atoms with Crippen molar-refractivity contribution in [3.05, 3.63) is 64.6 Å². The van der Waals surface area contributed by atoms with E-state index in [2.05, 4.69) is 5.32 Å². The molecule has 6 nitrogen and oxygen atoms in total. The molecule has 1 N–H and O–H groups in total. The molecule has 0 spiro atoms. The van der Waals surface area contributed by atoms with E-state index in [0.29, 0.717) is 22.1 Å². The van der Waals surface area contributed by atoms with E-state index in [4.69, 9.17) is 12.2 Å². The first-order chi connectivity index (χ1) is 16.5. The number of fused-ring (bicyclic) bond motifs is 1. The summed E-state index contributed by atoms with van der Waals surface area (Å²) in [5.41, 5.74) is 0.148. The van der Waals surface area contributed by atoms with Crippen molar-refractivity contribution >= 4 is 63.0 Å². The molecule has 0 aliphatic carbocycles. The lowest BCUT2D eigenvalue weighted by Crippen LogP contribution is -2.36. The summed E-state index contributed by atoms with van der Waals surface area (Å²) in [6, 6.07) is 11.0. The molecule has 0 bridgehead atoms. The number of rotatable bonds is 5. The number of nitrogens with one attached hydrogen (secondary N) is 1. The summed E-state index contributed by atoms with van der Waals surface area (Å²) in [6.07, 6.45) is -4.55. The summed E-state index contributed by atoms with van der Waals surface area (Å²) >= 11 is 6.41. The molecule has 35 heavy (non-hydrogen) atoms. The van der Waals surface area contributed by atoms with E-state index >= 15 is 0 Å². The lowest BCUT2D eigenvalue weighted by molar-refractivity contribution is -0.137. The van der Waals surface area contributed by atoms with Crippen molar-refractivity contribution in [2.75, 3.05) is 23.3 Å². The van der Waals surface area contributed by atoms with Crippen LogP contribution in [0.15, 0.2) is 53.4 Å². The number of hydrogen-bond donors (Lipinski definition) is 1. The maximum Gasteiger partial charge on any atom is 0.416 e. The number of anilines is 2. The molecule has 0 atom stereocenters. The highest BCUT2D eigenvalue weighted by atomic mass is 32.2. The number of nitrogens with zero attached hydrogens (tertiary/aromatic N) is 2. The van der Waals surface area contributed by atoms with Crippen LogP contribution in [0, 0.1) is 5.92 Å². The quantitative estimate of drug-likeness (QED) is 0.449. The van der Waals surface area contributed by atoms with E-state index < -0.39 is 30.1 Å². The highest BCUT2D eigenvalue weighted by Crippen LogP contribution is 2.44. The monoisotopic (exact) mass is 519 g/mol. The second kappa shape index (κ2) is 9.46. The maximum atomic E-state index is 13.4. The number of carbonyl (C=O) groups is 3. The third kappa shape index (κ3) is 4.96. The smallest absolute Gasteiger partial charge is 0.325 e. The molecular formula is C24H20F3N3O3S2. The van der Waals surface area contributed by atoms with E-state index in [0.717, 1.165) is 23.9 Å². The lowest BCUT2D eigenvalue weighted by atomic mass is 10.1. The van der Waals surface area contributed by atoms with Gasteiger partial charge in [0.15, 0.2) is 0 Å². The maximum absolute atomic E-state index is 13.4. The van der Waals surface area contributed by atoms with Crippen molar-refractivity contribution in [2.45, 2.75) is 20.0 Å². The summed E-state index contributed by atoms with van der Waals surface area (Å²) in [4.78, 5) is 42.1. The molecule has 0 unspecified atom stereocenters. The van der Waals surface area contributed by atoms with Crippen LogP contribution in [-0.2, 0) is 20.6 Å². The van der Waals surface area contributed by atoms with E-state index in [1.54, 1.807) is 24.3 Å². The van der Waals surface area contributed by atoms with Gasteiger partial charge in [0.2, 0.25) is 5.91 Å². The first-order valence-corrected chi connectivity index (χ1v) is 11.9. The van der Waals surface area contributed by atoms with Crippen LogP contribution >= 0.6 is 24.0 Å². The number of carbonyl (C=O) groups excluding carboxylic acids is 3. The zero-order valence-corrected chi connectivity index (χ0v) is 20.3. The Morgan fingerprint density at radius 3 is 2.46 bits per heavy atom. The Kier molecular flexibility index (Phi) is 6.74. The van der Waals surface area contributed by atoms with Crippen LogP contribution in [-0.4, -0.2) is 40.0 Å². The zero-order chi connectivity index (χ0) is 25.5. The number of benzene rings is 2. The molecule has 2 heterocycles. The lowest BCUT2D eigenvalue weighted by Gasteiger charge is -2.17. The fraction of sp³-hybridized carbons (Fsp3) is 0.250. The Balaban J connectivity index is 1.61. The molecule has 11 heteroatoms. The zero-order valence-electron chi connectivity index (χ0n) is 18.7. The van der Waals surface area contributed by atoms with Crippen molar-refractivity contribution in [3.8, 4) is 0 Å². The van der Waals surface area contributed by atoms with Gasteiger partial charge in [0.25, 0.3) is 11.8 Å². The van der Waals surface area contributed by atoms with Crippen LogP contribution in [0.2, 0.25) is 0 Å². The van der Waals surface area contributed by atoms with Crippen LogP contribution in [0.4, 0.5) is 24.5 Å². The van der Waals surface area contributed by atoms with Crippen molar-refractivity contribution < 1.29 is 27.6 Å². The molecule has 2 aliphatic rings. The minimum Gasteiger partial charge on any atom is -0.325 e. The highest BCUT2D eigenvalue weighted by Gasteiger charge is 2.42. The van der Waals surface area contributed by atoms with E-state index in [1.807, 2.05) is 13.8 Å². The van der Waals surface area contributed by atoms with Crippen LogP contribution in [0.25, 0.3) is 5.57 Å². The van der Waals surface area contributed by atoms with Crippen LogP contribution < -0.4 is 10.2 Å². The number of thioether (sulfide) groups is 1. The summed E-state index contributed by atoms with van der Waals surface area (Å²) in [6.45, 7) is 3.88. The van der Waals surface area contributed by atoms with Gasteiger partial charge in [-0.2, -0.15) is 13.2 Å². The fourth-order valence-electron chi connectivity index (χ4n) is 3.85. The minimum atomic E-state index is -4.55. The van der Waals surface area contributed by atoms with E-state index in [-0.39, 0.29) is 28.0 Å². The number of halogens is 3. The van der Waals surface area contributed by atoms with Crippen molar-refractivity contribution in [1.29, 1.82) is 0 Å². The van der Waals surface area contributed by atoms with Gasteiger partial charge in [-0.1, -0.05) is 62.1 Å². The third-order valence-electron chi connectivity index (χ3n) is 5.32. The molecule has 2 aliphatic heterocycles. The van der Waals surface area contributed by atoms with Gasteiger partial charge in [-0.15, -0.1) is 0 Å². The first-order valence-electron chi connectivity index (χ1n) is 10.6. The number of thiocarbonyl (C=S) groups is 1. The molecule has 182 valence electrons. The first kappa shape index (κ1) is 24.9. The molecule has 0 aromatic heterocycles. The molecule has 3 amide bonds. The predicted octanol–water partition coefficient (Wildman–Crippen LogP) is 4.92. The van der Waals surface area contributed by atoms with Crippen molar-refractivity contribution in [2.24, 2.45) is 5.92 Å². The normalized spacial score (nSPS) is 18.1. The molecule has 4 rings (SSSR count). The second-order valence-corrected chi connectivity index (χ2v) is 10.1. The summed E-state index contributed by atoms with van der Waals surface area (Å²) in [5.74, 6) is -1.41. The Hall–Kier alpha value is -3.18. The van der Waals surface area contributed by atoms with Gasteiger partial charge in [0.1, 0.15) is 10.9 Å². The van der Waals surface area contributed by atoms with Gasteiger partial charge < -0.3 is 5.32 Å². The SMILES string of the molecule is CC(C)CN1C(=O)/C(=C2\C(=O)N(CC(=O)Nc3cccc(C(F)(F)F)c3)c3ccccc32)SC1=S. The predicted molar refractivity (Wildman–Crippen MR) is 133 cm³/mol. The standard InChI is InChI=1S/C24H20F3N3O3S2/c1-13(2)11-30-22(33)20(35-23(30)34)19-16-8-3-4-9-17(16)29(21(19)32)12-18(31)28-15-7-5-6-14(10-15)24(25,26)27/h3-10,13H,11-12H2,1-2H3,(H,28,31)/b20-19+. The molecule has 1 fully saturated rings. The largest absolute Gasteiger partial charge is 0.416 e. The van der Waals surface area contributed by atoms with Gasteiger partial charge in [-0.05, 0) is 30.2 Å². The molecular weight excluding hydrogens is 499 g/mol. The van der Waals surface area contributed by atoms with Crippen molar-refractivity contribution in [3.63, 3.8) is 0 Å². The molecule has 0 saturated carbocycles. The van der Waals surface area contributed by atoms with Gasteiger partial charge in [-0.25, -0.2) is 0 Å². The number of amides is 3. The van der Waals surface area contributed by atoms with E-state index in [9.17, 15) is 27.6 Å². The average molecular weight is 520 g/mol. The number of alkyl halides is 3. The Morgan fingerprint density at radius 1 is 1.06 bits per heavy atom. The number of para-hydroxylation sites is 1. The Labute approximate surface area is 209 Å². The van der Waals surface area contributed by atoms with Gasteiger partial charge in [0, 0.05) is 17.8 Å². The minimum absolute atomic E-state index is 0.0421. The van der Waals surface area contributed by atoms with Crippen molar-refractivity contribution in [1.82, 2.24) is 4.90 Å². The topological polar surface area (TPSA) is 69.7 Å². The number of hydrogen-bond acceptors (Lipinski definition) is 5. The van der Waals surface area contributed by atoms with Gasteiger partial charge >= 0.3 is 6.18 Å². The van der Waals surface area contributed by atoms with Crippen LogP contribution in [0.1, 0.15) is 25.0 Å².